The van der Waals surface area contributed by atoms with Crippen LogP contribution in [0.15, 0.2) is 140 Å². The van der Waals surface area contributed by atoms with Gasteiger partial charge in [0.25, 0.3) is 0 Å². The summed E-state index contributed by atoms with van der Waals surface area (Å²) >= 11 is 0. The first kappa shape index (κ1) is 32.3. The van der Waals surface area contributed by atoms with Gasteiger partial charge in [0.2, 0.25) is 0 Å². The highest BCUT2D eigenvalue weighted by atomic mass is 15.3. The number of hydrogen-bond acceptors (Lipinski definition) is 3. The van der Waals surface area contributed by atoms with Gasteiger partial charge in [-0.25, -0.2) is 0 Å². The molecule has 0 amide bonds. The average Bonchev–Trinajstić information content (AvgIpc) is 3.81. The lowest BCUT2D eigenvalue weighted by Crippen LogP contribution is -2.30. The summed E-state index contributed by atoms with van der Waals surface area (Å²) in [4.78, 5) is 7.40. The van der Waals surface area contributed by atoms with E-state index in [1.165, 1.54) is 66.3 Å². The average molecular weight is 679 g/mol. The van der Waals surface area contributed by atoms with Crippen LogP contribution in [0.4, 0.5) is 0 Å². The highest BCUT2D eigenvalue weighted by Crippen LogP contribution is 2.57. The zero-order chi connectivity index (χ0) is 36.0. The van der Waals surface area contributed by atoms with E-state index in [4.69, 9.17) is 4.98 Å². The van der Waals surface area contributed by atoms with Crippen molar-refractivity contribution in [1.82, 2.24) is 19.8 Å². The fourth-order valence-electron chi connectivity index (χ4n) is 8.69. The van der Waals surface area contributed by atoms with E-state index in [1.54, 1.807) is 0 Å². The van der Waals surface area contributed by atoms with Crippen molar-refractivity contribution >= 4 is 21.8 Å². The Balaban J connectivity index is 1.34. The van der Waals surface area contributed by atoms with E-state index in [0.29, 0.717) is 0 Å². The van der Waals surface area contributed by atoms with E-state index in [2.05, 4.69) is 185 Å². The van der Waals surface area contributed by atoms with Crippen LogP contribution in [-0.4, -0.2) is 21.5 Å². The summed E-state index contributed by atoms with van der Waals surface area (Å²) in [5.74, 6) is 0. The number of hydrogen-bond donors (Lipinski definition) is 1. The summed E-state index contributed by atoms with van der Waals surface area (Å²) in [5, 5.41) is 6.02. The largest absolute Gasteiger partial charge is 0.366 e. The highest BCUT2D eigenvalue weighted by Gasteiger charge is 2.48. The first-order valence-corrected chi connectivity index (χ1v) is 18.5. The van der Waals surface area contributed by atoms with E-state index >= 15 is 0 Å². The van der Waals surface area contributed by atoms with Crippen LogP contribution >= 0.6 is 0 Å². The molecular formula is C48H46N4. The minimum absolute atomic E-state index is 0.0151. The van der Waals surface area contributed by atoms with Crippen molar-refractivity contribution < 1.29 is 0 Å². The molecule has 52 heavy (non-hydrogen) atoms. The monoisotopic (exact) mass is 678 g/mol. The van der Waals surface area contributed by atoms with Gasteiger partial charge in [-0.1, -0.05) is 126 Å². The summed E-state index contributed by atoms with van der Waals surface area (Å²) < 4.78 is 2.45. The number of pyridine rings is 1. The Morgan fingerprint density at radius 1 is 0.635 bits per heavy atom. The minimum Gasteiger partial charge on any atom is -0.366 e. The fraction of sp³-hybridized carbons (Fsp3) is 0.229. The first-order chi connectivity index (χ1) is 25.0. The molecule has 0 fully saturated rings. The molecule has 5 aromatic carbocycles. The van der Waals surface area contributed by atoms with Gasteiger partial charge in [0.05, 0.1) is 22.1 Å². The number of nitrogens with zero attached hydrogens (tertiary/aromatic N) is 3. The molecule has 0 radical (unpaired) electrons. The molecule has 0 spiro atoms. The normalized spacial score (nSPS) is 16.4. The fourth-order valence-corrected chi connectivity index (χ4v) is 8.69. The summed E-state index contributed by atoms with van der Waals surface area (Å²) in [6.07, 6.45) is 6.16. The maximum Gasteiger partial charge on any atom is 0.125 e. The Bertz CT molecular complexity index is 2480. The highest BCUT2D eigenvalue weighted by molar-refractivity contribution is 6.09. The van der Waals surface area contributed by atoms with Gasteiger partial charge in [-0.2, -0.15) is 0 Å². The van der Waals surface area contributed by atoms with Crippen molar-refractivity contribution in [3.05, 3.63) is 179 Å². The molecule has 3 heterocycles. The Morgan fingerprint density at radius 3 is 1.94 bits per heavy atom. The summed E-state index contributed by atoms with van der Waals surface area (Å²) in [6, 6.07) is 45.7. The summed E-state index contributed by atoms with van der Waals surface area (Å²) in [6.45, 7) is 13.8. The van der Waals surface area contributed by atoms with Crippen molar-refractivity contribution in [3.63, 3.8) is 0 Å². The Kier molecular flexibility index (Phi) is 7.11. The van der Waals surface area contributed by atoms with Crippen molar-refractivity contribution in [2.45, 2.75) is 64.0 Å². The molecular weight excluding hydrogens is 633 g/mol. The zero-order valence-electron chi connectivity index (χ0n) is 31.2. The van der Waals surface area contributed by atoms with E-state index in [9.17, 15) is 0 Å². The Labute approximate surface area is 307 Å². The van der Waals surface area contributed by atoms with Gasteiger partial charge in [-0.3, -0.25) is 4.98 Å². The van der Waals surface area contributed by atoms with Crippen molar-refractivity contribution in [1.29, 1.82) is 0 Å². The van der Waals surface area contributed by atoms with Gasteiger partial charge in [0.15, 0.2) is 0 Å². The molecule has 4 nitrogen and oxygen atoms in total. The summed E-state index contributed by atoms with van der Waals surface area (Å²) in [7, 11) is 2.12. The molecule has 1 N–H and O–H groups in total. The van der Waals surface area contributed by atoms with Crippen LogP contribution in [0.2, 0.25) is 0 Å². The van der Waals surface area contributed by atoms with E-state index in [-0.39, 0.29) is 17.0 Å². The number of nitrogens with one attached hydrogen (secondary N) is 1. The third-order valence-corrected chi connectivity index (χ3v) is 11.4. The molecule has 1 unspecified atom stereocenters. The second-order valence-corrected chi connectivity index (χ2v) is 16.7. The molecule has 2 aromatic heterocycles. The van der Waals surface area contributed by atoms with Crippen LogP contribution in [0.5, 0.6) is 0 Å². The van der Waals surface area contributed by atoms with Gasteiger partial charge in [0, 0.05) is 42.1 Å². The number of benzene rings is 5. The molecule has 4 heteroatoms. The third kappa shape index (κ3) is 4.77. The second-order valence-electron chi connectivity index (χ2n) is 16.7. The van der Waals surface area contributed by atoms with E-state index in [1.807, 2.05) is 18.5 Å². The lowest BCUT2D eigenvalue weighted by Gasteiger charge is -2.33. The van der Waals surface area contributed by atoms with Crippen molar-refractivity contribution in [2.75, 3.05) is 7.05 Å². The third-order valence-electron chi connectivity index (χ3n) is 11.4. The van der Waals surface area contributed by atoms with Gasteiger partial charge in [-0.05, 0) is 91.7 Å². The van der Waals surface area contributed by atoms with Gasteiger partial charge in [0.1, 0.15) is 6.17 Å². The van der Waals surface area contributed by atoms with Gasteiger partial charge >= 0.3 is 0 Å². The molecule has 0 bridgehead atoms. The molecule has 258 valence electrons. The summed E-state index contributed by atoms with van der Waals surface area (Å²) in [5.41, 5.74) is 14.3. The molecule has 2 aliphatic rings. The van der Waals surface area contributed by atoms with E-state index < -0.39 is 5.41 Å². The lowest BCUT2D eigenvalue weighted by molar-refractivity contribution is 0.340. The van der Waals surface area contributed by atoms with Crippen LogP contribution in [0.25, 0.3) is 38.6 Å². The van der Waals surface area contributed by atoms with Crippen LogP contribution in [-0.2, 0) is 16.2 Å². The smallest absolute Gasteiger partial charge is 0.125 e. The van der Waals surface area contributed by atoms with Crippen LogP contribution in [0, 0.1) is 0 Å². The SMILES string of the molecule is CN1C=CNC1c1ccc2c3ccccc3n(-c3cccc(C4(c5ccccn5)c5ccc(C(C)(C)C)cc5-c5cc(C(C)(C)C)ccc54)c3)c2c1. The van der Waals surface area contributed by atoms with Crippen LogP contribution < -0.4 is 5.32 Å². The predicted octanol–water partition coefficient (Wildman–Crippen LogP) is 11.1. The Morgan fingerprint density at radius 2 is 1.31 bits per heavy atom. The molecule has 1 aliphatic heterocycles. The first-order valence-electron chi connectivity index (χ1n) is 18.5. The number of rotatable bonds is 4. The van der Waals surface area contributed by atoms with Crippen LogP contribution in [0.3, 0.4) is 0 Å². The topological polar surface area (TPSA) is 33.1 Å². The quantitative estimate of drug-likeness (QED) is 0.201. The van der Waals surface area contributed by atoms with E-state index in [0.717, 1.165) is 11.4 Å². The minimum atomic E-state index is -0.610. The molecule has 0 saturated carbocycles. The number of aromatic nitrogens is 2. The van der Waals surface area contributed by atoms with Crippen molar-refractivity contribution in [3.8, 4) is 16.8 Å². The molecule has 1 aliphatic carbocycles. The molecule has 0 saturated heterocycles. The van der Waals surface area contributed by atoms with Crippen molar-refractivity contribution in [2.24, 2.45) is 0 Å². The maximum atomic E-state index is 5.18. The lowest BCUT2D eigenvalue weighted by atomic mass is 9.69. The number of para-hydroxylation sites is 1. The zero-order valence-corrected chi connectivity index (χ0v) is 31.2. The maximum absolute atomic E-state index is 5.18. The second kappa shape index (κ2) is 11.4. The van der Waals surface area contributed by atoms with Crippen LogP contribution in [0.1, 0.15) is 86.8 Å². The molecule has 1 atom stereocenters. The Hall–Kier alpha value is -5.61. The molecule has 7 aromatic rings. The predicted molar refractivity (Wildman–Crippen MR) is 216 cm³/mol. The van der Waals surface area contributed by atoms with Gasteiger partial charge < -0.3 is 14.8 Å². The number of fused-ring (bicyclic) bond motifs is 6. The van der Waals surface area contributed by atoms with Gasteiger partial charge in [-0.15, -0.1) is 0 Å². The molecule has 9 rings (SSSR count). The standard InChI is InChI=1S/C48H46N4/c1-46(2,3)32-19-22-40-38(29-32)39-30-33(47(4,5)6)20-23-41(39)48(40,44-17-10-11-24-49-44)34-13-12-14-35(28-34)52-42-16-9-8-15-36(42)37-21-18-31(27-43(37)52)45-50-25-26-51(45)7/h8-30,45,50H,1-7H3.